The van der Waals surface area contributed by atoms with E-state index in [-0.39, 0.29) is 18.4 Å². The number of benzene rings is 1. The highest BCUT2D eigenvalue weighted by Crippen LogP contribution is 2.09. The Morgan fingerprint density at radius 1 is 1.00 bits per heavy atom. The van der Waals surface area contributed by atoms with E-state index < -0.39 is 5.97 Å². The van der Waals surface area contributed by atoms with Crippen molar-refractivity contribution in [3.05, 3.63) is 108 Å². The largest absolute Gasteiger partial charge is 0.481 e. The lowest BCUT2D eigenvalue weighted by molar-refractivity contribution is -0.137. The van der Waals surface area contributed by atoms with Gasteiger partial charge in [-0.2, -0.15) is 0 Å². The van der Waals surface area contributed by atoms with Crippen molar-refractivity contribution in [2.24, 2.45) is 4.99 Å². The summed E-state index contributed by atoms with van der Waals surface area (Å²) in [4.78, 5) is 28.1. The second-order valence-electron chi connectivity index (χ2n) is 8.99. The van der Waals surface area contributed by atoms with Gasteiger partial charge in [-0.15, -0.1) is 0 Å². The van der Waals surface area contributed by atoms with Gasteiger partial charge in [0.15, 0.2) is 0 Å². The molecule has 2 N–H and O–H groups in total. The van der Waals surface area contributed by atoms with E-state index in [1.807, 2.05) is 95.3 Å². The maximum atomic E-state index is 13.1. The number of hydrogen-bond donors (Lipinski definition) is 2. The SMILES string of the molecule is C/C=C\C(=C/CC)C(C)NC(=O)C(/C=C/C=C/CCCCC(=O)O)=C/C=C/N=C(C)c1ccccc1.CC.CCC. The molecular weight excluding hydrogens is 508 g/mol. The van der Waals surface area contributed by atoms with Crippen molar-refractivity contribution in [2.75, 3.05) is 0 Å². The van der Waals surface area contributed by atoms with E-state index in [0.29, 0.717) is 12.0 Å². The zero-order valence-corrected chi connectivity index (χ0v) is 26.7. The Kier molecular flexibility index (Phi) is 26.7. The molecule has 0 bridgehead atoms. The van der Waals surface area contributed by atoms with Crippen molar-refractivity contribution in [2.45, 2.75) is 100.0 Å². The Hall–Kier alpha value is -3.73. The maximum Gasteiger partial charge on any atom is 0.303 e. The van der Waals surface area contributed by atoms with Gasteiger partial charge in [0.05, 0.1) is 6.04 Å². The first-order valence-electron chi connectivity index (χ1n) is 15.0. The van der Waals surface area contributed by atoms with Crippen molar-refractivity contribution in [3.8, 4) is 0 Å². The molecular formula is C36H54N2O3. The van der Waals surface area contributed by atoms with Crippen molar-refractivity contribution in [3.63, 3.8) is 0 Å². The van der Waals surface area contributed by atoms with Gasteiger partial charge >= 0.3 is 5.97 Å². The summed E-state index contributed by atoms with van der Waals surface area (Å²) in [6, 6.07) is 9.80. The van der Waals surface area contributed by atoms with Gasteiger partial charge in [-0.25, -0.2) is 0 Å². The van der Waals surface area contributed by atoms with Crippen molar-refractivity contribution in [1.29, 1.82) is 0 Å². The smallest absolute Gasteiger partial charge is 0.303 e. The molecule has 41 heavy (non-hydrogen) atoms. The van der Waals surface area contributed by atoms with Crippen molar-refractivity contribution >= 4 is 17.6 Å². The molecule has 1 rings (SSSR count). The maximum absolute atomic E-state index is 13.1. The number of amides is 1. The molecule has 5 nitrogen and oxygen atoms in total. The number of aliphatic carboxylic acids is 1. The molecule has 0 radical (unpaired) electrons. The van der Waals surface area contributed by atoms with Crippen LogP contribution in [0.25, 0.3) is 0 Å². The first kappa shape index (κ1) is 39.4. The molecule has 0 spiro atoms. The van der Waals surface area contributed by atoms with Crippen molar-refractivity contribution in [1.82, 2.24) is 5.32 Å². The highest BCUT2D eigenvalue weighted by Gasteiger charge is 2.12. The number of carboxylic acid groups (broad SMARTS) is 1. The van der Waals surface area contributed by atoms with E-state index in [1.54, 1.807) is 24.4 Å². The number of allylic oxidation sites excluding steroid dienone is 7. The molecule has 0 heterocycles. The predicted molar refractivity (Wildman–Crippen MR) is 178 cm³/mol. The summed E-state index contributed by atoms with van der Waals surface area (Å²) in [6.07, 6.45) is 23.4. The van der Waals surface area contributed by atoms with Gasteiger partial charge in [-0.3, -0.25) is 14.6 Å². The standard InChI is InChI=1S/C31H40N2O3.C3H8.C2H6/c1-5-17-27(18-6-2)26(4)33-31(36)29(21-12-9-7-8-10-15-23-30(34)35)22-16-24-32-25(3)28-19-13-11-14-20-28;1-3-2;1-2/h5,7,9,11-14,16-22,24,26H,6,8,10,15,23H2,1-4H3,(H,33,36)(H,34,35);3H2,1-2H3;1-2H3/b9-7+,17-5-,21-12+,24-16+,27-18+,29-22+,32-25?;;. The molecule has 1 aromatic rings. The van der Waals surface area contributed by atoms with Crippen LogP contribution in [0.4, 0.5) is 0 Å². The molecule has 0 aliphatic rings. The number of hydrogen-bond acceptors (Lipinski definition) is 3. The third kappa shape index (κ3) is 21.7. The molecule has 0 aliphatic carbocycles. The number of nitrogens with zero attached hydrogens (tertiary/aromatic N) is 1. The molecule has 0 aromatic heterocycles. The summed E-state index contributed by atoms with van der Waals surface area (Å²) >= 11 is 0. The summed E-state index contributed by atoms with van der Waals surface area (Å²) in [5.74, 6) is -0.940. The molecule has 0 saturated carbocycles. The lowest BCUT2D eigenvalue weighted by Gasteiger charge is -2.16. The average molecular weight is 563 g/mol. The van der Waals surface area contributed by atoms with Crippen LogP contribution in [0, 0.1) is 0 Å². The number of carbonyl (C=O) groups is 2. The minimum atomic E-state index is -0.767. The Balaban J connectivity index is 0. The number of rotatable bonds is 15. The van der Waals surface area contributed by atoms with Gasteiger partial charge in [-0.05, 0) is 75.8 Å². The van der Waals surface area contributed by atoms with E-state index in [0.717, 1.165) is 36.1 Å². The zero-order chi connectivity index (χ0) is 31.3. The molecule has 0 saturated heterocycles. The van der Waals surface area contributed by atoms with Gasteiger partial charge in [-0.1, -0.05) is 108 Å². The fourth-order valence-electron chi connectivity index (χ4n) is 3.32. The summed E-state index contributed by atoms with van der Waals surface area (Å²) in [5.41, 5.74) is 3.52. The number of carbonyl (C=O) groups excluding carboxylic acids is 1. The highest BCUT2D eigenvalue weighted by atomic mass is 16.4. The molecule has 1 amide bonds. The van der Waals surface area contributed by atoms with Crippen LogP contribution < -0.4 is 5.32 Å². The number of nitrogens with one attached hydrogen (secondary N) is 1. The van der Waals surface area contributed by atoms with Gasteiger partial charge in [0, 0.05) is 23.9 Å². The quantitative estimate of drug-likeness (QED) is 0.0967. The predicted octanol–water partition coefficient (Wildman–Crippen LogP) is 9.55. The topological polar surface area (TPSA) is 78.8 Å². The first-order chi connectivity index (χ1) is 19.8. The third-order valence-corrected chi connectivity index (χ3v) is 5.26. The second-order valence-corrected chi connectivity index (χ2v) is 8.99. The van der Waals surface area contributed by atoms with Crippen LogP contribution in [-0.2, 0) is 9.59 Å². The molecule has 226 valence electrons. The Morgan fingerprint density at radius 2 is 1.66 bits per heavy atom. The van der Waals surface area contributed by atoms with Crippen LogP contribution in [0.5, 0.6) is 0 Å². The van der Waals surface area contributed by atoms with E-state index >= 15 is 0 Å². The number of carboxylic acids is 1. The Bertz CT molecular complexity index is 1040. The lowest BCUT2D eigenvalue weighted by Crippen LogP contribution is -2.34. The number of unbranched alkanes of at least 4 members (excludes halogenated alkanes) is 2. The van der Waals surface area contributed by atoms with Crippen molar-refractivity contribution < 1.29 is 14.7 Å². The summed E-state index contributed by atoms with van der Waals surface area (Å²) in [5, 5.41) is 11.8. The fraction of sp³-hybridized carbons (Fsp3) is 0.417. The van der Waals surface area contributed by atoms with E-state index in [4.69, 9.17) is 5.11 Å². The van der Waals surface area contributed by atoms with E-state index in [9.17, 15) is 9.59 Å². The lowest BCUT2D eigenvalue weighted by atomic mass is 10.1. The molecule has 0 fully saturated rings. The molecule has 1 unspecified atom stereocenters. The molecule has 5 heteroatoms. The minimum Gasteiger partial charge on any atom is -0.481 e. The minimum absolute atomic E-state index is 0.127. The fourth-order valence-corrected chi connectivity index (χ4v) is 3.32. The van der Waals surface area contributed by atoms with Crippen LogP contribution >= 0.6 is 0 Å². The Labute approximate surface area is 250 Å². The van der Waals surface area contributed by atoms with Gasteiger partial charge in [0.1, 0.15) is 0 Å². The second kappa shape index (κ2) is 27.8. The van der Waals surface area contributed by atoms with E-state index in [2.05, 4.69) is 37.2 Å². The number of aliphatic imine (C=N–C) groups is 1. The van der Waals surface area contributed by atoms with Gasteiger partial charge in [0.25, 0.3) is 5.91 Å². The summed E-state index contributed by atoms with van der Waals surface area (Å²) < 4.78 is 0. The van der Waals surface area contributed by atoms with Gasteiger partial charge in [0.2, 0.25) is 0 Å². The van der Waals surface area contributed by atoms with Gasteiger partial charge < -0.3 is 10.4 Å². The summed E-state index contributed by atoms with van der Waals surface area (Å²) in [7, 11) is 0. The van der Waals surface area contributed by atoms with Crippen LogP contribution in [0.3, 0.4) is 0 Å². The molecule has 0 aliphatic heterocycles. The Morgan fingerprint density at radius 3 is 2.24 bits per heavy atom. The molecule has 1 atom stereocenters. The highest BCUT2D eigenvalue weighted by molar-refractivity contribution is 5.99. The normalized spacial score (nSPS) is 13.2. The summed E-state index contributed by atoms with van der Waals surface area (Å²) in [6.45, 7) is 16.2. The zero-order valence-electron chi connectivity index (χ0n) is 26.7. The monoisotopic (exact) mass is 562 g/mol. The molecule has 1 aromatic carbocycles. The third-order valence-electron chi connectivity index (χ3n) is 5.26. The van der Waals surface area contributed by atoms with E-state index in [1.165, 1.54) is 6.42 Å². The van der Waals surface area contributed by atoms with Crippen LogP contribution in [0.1, 0.15) is 99.5 Å². The average Bonchev–Trinajstić information content (AvgIpc) is 2.96. The first-order valence-corrected chi connectivity index (χ1v) is 15.0. The van der Waals surface area contributed by atoms with Crippen LogP contribution in [0.15, 0.2) is 107 Å². The van der Waals surface area contributed by atoms with Crippen LogP contribution in [-0.4, -0.2) is 28.7 Å². The van der Waals surface area contributed by atoms with Crippen LogP contribution in [0.2, 0.25) is 0 Å².